The standard InChI is InChI=1S/C10H9N.C9H6ClN/c1-8-4-5-10-9(7-8)3-2-6-11-10;10-9-6-5-7-3-1-2-4-8(7)11-9/h2-7H,1H3;1-6H. The highest BCUT2D eigenvalue weighted by Gasteiger charge is 1.92. The van der Waals surface area contributed by atoms with Crippen LogP contribution in [0.5, 0.6) is 0 Å². The van der Waals surface area contributed by atoms with Crippen molar-refractivity contribution in [2.24, 2.45) is 0 Å². The molecule has 2 aromatic carbocycles. The molecule has 2 aromatic heterocycles. The van der Waals surface area contributed by atoms with Gasteiger partial charge in [-0.05, 0) is 43.3 Å². The van der Waals surface area contributed by atoms with Gasteiger partial charge in [-0.3, -0.25) is 4.98 Å². The number of para-hydroxylation sites is 1. The summed E-state index contributed by atoms with van der Waals surface area (Å²) in [6.45, 7) is 2.09. The van der Waals surface area contributed by atoms with E-state index in [4.69, 9.17) is 11.6 Å². The van der Waals surface area contributed by atoms with Gasteiger partial charge in [0.2, 0.25) is 0 Å². The van der Waals surface area contributed by atoms with E-state index in [9.17, 15) is 0 Å². The Balaban J connectivity index is 0.000000131. The first kappa shape index (κ1) is 14.5. The zero-order valence-corrected chi connectivity index (χ0v) is 13.0. The minimum atomic E-state index is 0.545. The molecule has 0 radical (unpaired) electrons. The second-order valence-corrected chi connectivity index (χ2v) is 5.41. The number of pyridine rings is 2. The fourth-order valence-electron chi connectivity index (χ4n) is 2.24. The van der Waals surface area contributed by atoms with Crippen LogP contribution in [-0.2, 0) is 0 Å². The van der Waals surface area contributed by atoms with Crippen molar-refractivity contribution in [1.29, 1.82) is 0 Å². The van der Waals surface area contributed by atoms with E-state index in [1.54, 1.807) is 6.07 Å². The van der Waals surface area contributed by atoms with Gasteiger partial charge < -0.3 is 0 Å². The molecule has 2 nitrogen and oxygen atoms in total. The highest BCUT2D eigenvalue weighted by molar-refractivity contribution is 6.29. The summed E-state index contributed by atoms with van der Waals surface area (Å²) < 4.78 is 0. The Bertz CT molecular complexity index is 842. The highest BCUT2D eigenvalue weighted by atomic mass is 35.5. The Morgan fingerprint density at radius 2 is 1.59 bits per heavy atom. The van der Waals surface area contributed by atoms with E-state index < -0.39 is 0 Å². The lowest BCUT2D eigenvalue weighted by atomic mass is 10.1. The van der Waals surface area contributed by atoms with Crippen molar-refractivity contribution in [1.82, 2.24) is 9.97 Å². The molecule has 0 spiro atoms. The van der Waals surface area contributed by atoms with Crippen molar-refractivity contribution >= 4 is 33.4 Å². The molecular weight excluding hydrogens is 292 g/mol. The molecule has 4 aromatic rings. The minimum Gasteiger partial charge on any atom is -0.256 e. The highest BCUT2D eigenvalue weighted by Crippen LogP contribution is 2.14. The average molecular weight is 307 g/mol. The van der Waals surface area contributed by atoms with Crippen LogP contribution in [0.25, 0.3) is 21.8 Å². The van der Waals surface area contributed by atoms with Crippen molar-refractivity contribution in [3.05, 3.63) is 83.6 Å². The van der Waals surface area contributed by atoms with Gasteiger partial charge in [0.25, 0.3) is 0 Å². The third-order valence-corrected chi connectivity index (χ3v) is 3.53. The van der Waals surface area contributed by atoms with Crippen LogP contribution in [0.4, 0.5) is 0 Å². The van der Waals surface area contributed by atoms with E-state index in [0.29, 0.717) is 5.15 Å². The first-order chi connectivity index (χ1) is 10.7. The number of hydrogen-bond donors (Lipinski definition) is 0. The number of aromatic nitrogens is 2. The fourth-order valence-corrected chi connectivity index (χ4v) is 2.39. The molecule has 0 N–H and O–H groups in total. The minimum absolute atomic E-state index is 0.545. The zero-order valence-electron chi connectivity index (χ0n) is 12.2. The van der Waals surface area contributed by atoms with Crippen LogP contribution in [0, 0.1) is 6.92 Å². The van der Waals surface area contributed by atoms with Gasteiger partial charge in [0.15, 0.2) is 0 Å². The zero-order chi connectivity index (χ0) is 15.4. The smallest absolute Gasteiger partial charge is 0.129 e. The fraction of sp³-hybridized carbons (Fsp3) is 0.0526. The largest absolute Gasteiger partial charge is 0.256 e. The molecule has 0 aliphatic heterocycles. The predicted octanol–water partition coefficient (Wildman–Crippen LogP) is 5.43. The predicted molar refractivity (Wildman–Crippen MR) is 93.2 cm³/mol. The van der Waals surface area contributed by atoms with Gasteiger partial charge in [0.05, 0.1) is 11.0 Å². The number of fused-ring (bicyclic) bond motifs is 2. The van der Waals surface area contributed by atoms with Crippen LogP contribution in [0.3, 0.4) is 0 Å². The van der Waals surface area contributed by atoms with Gasteiger partial charge in [-0.2, -0.15) is 0 Å². The molecule has 2 heterocycles. The molecule has 22 heavy (non-hydrogen) atoms. The number of halogens is 1. The van der Waals surface area contributed by atoms with Crippen LogP contribution >= 0.6 is 11.6 Å². The molecule has 0 fully saturated rings. The van der Waals surface area contributed by atoms with Crippen molar-refractivity contribution in [2.75, 3.05) is 0 Å². The summed E-state index contributed by atoms with van der Waals surface area (Å²) >= 11 is 5.71. The summed E-state index contributed by atoms with van der Waals surface area (Å²) in [5.41, 5.74) is 3.30. The molecule has 0 aliphatic carbocycles. The second-order valence-electron chi connectivity index (χ2n) is 5.03. The molecule has 0 saturated heterocycles. The summed E-state index contributed by atoms with van der Waals surface area (Å²) in [6, 6.07) is 22.0. The first-order valence-electron chi connectivity index (χ1n) is 7.05. The van der Waals surface area contributed by atoms with E-state index in [1.807, 2.05) is 48.7 Å². The lowest BCUT2D eigenvalue weighted by Crippen LogP contribution is -1.77. The molecule has 0 aliphatic rings. The van der Waals surface area contributed by atoms with Gasteiger partial charge in [-0.25, -0.2) is 4.98 Å². The van der Waals surface area contributed by atoms with Gasteiger partial charge in [0, 0.05) is 17.0 Å². The SMILES string of the molecule is Cc1ccc2ncccc2c1.Clc1ccc2ccccc2n1. The van der Waals surface area contributed by atoms with Crippen molar-refractivity contribution in [3.8, 4) is 0 Å². The maximum absolute atomic E-state index is 5.71. The Kier molecular flexibility index (Phi) is 4.31. The number of hydrogen-bond acceptors (Lipinski definition) is 2. The first-order valence-corrected chi connectivity index (χ1v) is 7.43. The normalized spacial score (nSPS) is 10.3. The van der Waals surface area contributed by atoms with Crippen LogP contribution < -0.4 is 0 Å². The van der Waals surface area contributed by atoms with Crippen LogP contribution in [-0.4, -0.2) is 9.97 Å². The van der Waals surface area contributed by atoms with Gasteiger partial charge in [-0.1, -0.05) is 47.5 Å². The third kappa shape index (κ3) is 3.41. The van der Waals surface area contributed by atoms with Gasteiger partial charge >= 0.3 is 0 Å². The summed E-state index contributed by atoms with van der Waals surface area (Å²) in [4.78, 5) is 8.36. The Hall–Kier alpha value is -2.45. The van der Waals surface area contributed by atoms with Crippen molar-refractivity contribution in [2.45, 2.75) is 6.92 Å². The molecule has 0 amide bonds. The molecule has 0 bridgehead atoms. The van der Waals surface area contributed by atoms with Gasteiger partial charge in [0.1, 0.15) is 5.15 Å². The van der Waals surface area contributed by atoms with E-state index in [2.05, 4.69) is 35.1 Å². The van der Waals surface area contributed by atoms with E-state index in [-0.39, 0.29) is 0 Å². The molecule has 0 atom stereocenters. The van der Waals surface area contributed by atoms with Crippen molar-refractivity contribution in [3.63, 3.8) is 0 Å². The van der Waals surface area contributed by atoms with Crippen LogP contribution in [0.15, 0.2) is 72.9 Å². The topological polar surface area (TPSA) is 25.8 Å². The molecular formula is C19H15ClN2. The summed E-state index contributed by atoms with van der Waals surface area (Å²) in [6.07, 6.45) is 1.82. The quantitative estimate of drug-likeness (QED) is 0.405. The second kappa shape index (κ2) is 6.54. The van der Waals surface area contributed by atoms with E-state index in [1.165, 1.54) is 10.9 Å². The number of aryl methyl sites for hydroxylation is 1. The Morgan fingerprint density at radius 1 is 0.773 bits per heavy atom. The third-order valence-electron chi connectivity index (χ3n) is 3.32. The monoisotopic (exact) mass is 306 g/mol. The maximum atomic E-state index is 5.71. The molecule has 0 saturated carbocycles. The van der Waals surface area contributed by atoms with Crippen LogP contribution in [0.2, 0.25) is 5.15 Å². The number of nitrogens with zero attached hydrogens (tertiary/aromatic N) is 2. The molecule has 3 heteroatoms. The van der Waals surface area contributed by atoms with Crippen LogP contribution in [0.1, 0.15) is 5.56 Å². The maximum Gasteiger partial charge on any atom is 0.129 e. The summed E-state index contributed by atoms with van der Waals surface area (Å²) in [5.74, 6) is 0. The van der Waals surface area contributed by atoms with Gasteiger partial charge in [-0.15, -0.1) is 0 Å². The number of benzene rings is 2. The lowest BCUT2D eigenvalue weighted by molar-refractivity contribution is 1.39. The number of rotatable bonds is 0. The van der Waals surface area contributed by atoms with E-state index in [0.717, 1.165) is 16.4 Å². The Morgan fingerprint density at radius 3 is 2.50 bits per heavy atom. The van der Waals surface area contributed by atoms with E-state index >= 15 is 0 Å². The summed E-state index contributed by atoms with van der Waals surface area (Å²) in [7, 11) is 0. The molecule has 0 unspecified atom stereocenters. The van der Waals surface area contributed by atoms with Crippen molar-refractivity contribution < 1.29 is 0 Å². The average Bonchev–Trinajstić information content (AvgIpc) is 2.55. The molecule has 108 valence electrons. The Labute approximate surface area is 134 Å². The lowest BCUT2D eigenvalue weighted by Gasteiger charge is -1.95. The summed E-state index contributed by atoms with van der Waals surface area (Å²) in [5, 5.41) is 2.88. The molecule has 4 rings (SSSR count).